The number of rotatable bonds is 3. The SMILES string of the molecule is N#Cc1ccc2c(c1)C(=O)C(=O)N2Cc1ccccc1C(=O)O. The number of fused-ring (bicyclic) bond motifs is 1. The van der Waals surface area contributed by atoms with Crippen LogP contribution in [-0.4, -0.2) is 22.8 Å². The average Bonchev–Trinajstić information content (AvgIpc) is 2.79. The second-order valence-electron chi connectivity index (χ2n) is 5.03. The van der Waals surface area contributed by atoms with Crippen molar-refractivity contribution in [2.24, 2.45) is 0 Å². The minimum atomic E-state index is -1.10. The molecule has 0 saturated carbocycles. The van der Waals surface area contributed by atoms with Gasteiger partial charge >= 0.3 is 5.97 Å². The van der Waals surface area contributed by atoms with Crippen LogP contribution in [0.3, 0.4) is 0 Å². The molecule has 1 amide bonds. The molecule has 0 atom stereocenters. The number of benzene rings is 2. The van der Waals surface area contributed by atoms with Crippen molar-refractivity contribution in [3.63, 3.8) is 0 Å². The number of amides is 1. The van der Waals surface area contributed by atoms with Gasteiger partial charge in [0, 0.05) is 0 Å². The molecule has 0 spiro atoms. The first-order chi connectivity index (χ1) is 11.0. The number of carboxylic acid groups (broad SMARTS) is 1. The summed E-state index contributed by atoms with van der Waals surface area (Å²) in [4.78, 5) is 36.8. The molecule has 0 saturated heterocycles. The quantitative estimate of drug-likeness (QED) is 0.874. The maximum atomic E-state index is 12.2. The molecule has 0 radical (unpaired) electrons. The second kappa shape index (κ2) is 5.39. The van der Waals surface area contributed by atoms with E-state index in [2.05, 4.69) is 0 Å². The number of nitriles is 1. The number of carboxylic acids is 1. The first-order valence-electron chi connectivity index (χ1n) is 6.74. The zero-order valence-corrected chi connectivity index (χ0v) is 11.8. The molecule has 0 bridgehead atoms. The lowest BCUT2D eigenvalue weighted by Gasteiger charge is -2.17. The molecule has 2 aromatic carbocycles. The normalized spacial score (nSPS) is 12.9. The van der Waals surface area contributed by atoms with Crippen LogP contribution in [0.2, 0.25) is 0 Å². The van der Waals surface area contributed by atoms with Crippen LogP contribution in [0.1, 0.15) is 31.8 Å². The number of Topliss-reactive ketones (excluding diaryl/α,β-unsaturated/α-hetero) is 1. The maximum absolute atomic E-state index is 12.2. The van der Waals surface area contributed by atoms with Gasteiger partial charge in [-0.2, -0.15) is 5.26 Å². The van der Waals surface area contributed by atoms with E-state index in [9.17, 15) is 19.5 Å². The van der Waals surface area contributed by atoms with E-state index in [4.69, 9.17) is 5.26 Å². The van der Waals surface area contributed by atoms with Gasteiger partial charge in [-0.1, -0.05) is 18.2 Å². The molecule has 23 heavy (non-hydrogen) atoms. The highest BCUT2D eigenvalue weighted by Gasteiger charge is 2.36. The first-order valence-corrected chi connectivity index (χ1v) is 6.74. The van der Waals surface area contributed by atoms with Crippen molar-refractivity contribution in [3.05, 3.63) is 64.7 Å². The predicted octanol–water partition coefficient (Wildman–Crippen LogP) is 1.99. The number of ketones is 1. The standard InChI is InChI=1S/C17H10N2O4/c18-8-10-5-6-14-13(7-10)15(20)16(21)19(14)9-11-3-1-2-4-12(11)17(22)23/h1-7H,9H2,(H,22,23). The largest absolute Gasteiger partial charge is 0.478 e. The zero-order chi connectivity index (χ0) is 16.6. The Kier molecular flexibility index (Phi) is 3.39. The molecule has 0 aromatic heterocycles. The van der Waals surface area contributed by atoms with Crippen molar-refractivity contribution < 1.29 is 19.5 Å². The molecular formula is C17H10N2O4. The van der Waals surface area contributed by atoms with Crippen LogP contribution < -0.4 is 4.90 Å². The predicted molar refractivity (Wildman–Crippen MR) is 80.1 cm³/mol. The molecule has 1 N–H and O–H groups in total. The van der Waals surface area contributed by atoms with Crippen LogP contribution in [-0.2, 0) is 11.3 Å². The van der Waals surface area contributed by atoms with Gasteiger partial charge in [0.05, 0.1) is 35.0 Å². The summed E-state index contributed by atoms with van der Waals surface area (Å²) in [6, 6.07) is 12.6. The number of anilines is 1. The second-order valence-corrected chi connectivity index (χ2v) is 5.03. The smallest absolute Gasteiger partial charge is 0.336 e. The summed E-state index contributed by atoms with van der Waals surface area (Å²) in [6.45, 7) is -0.0219. The Morgan fingerprint density at radius 3 is 2.61 bits per heavy atom. The topological polar surface area (TPSA) is 98.5 Å². The van der Waals surface area contributed by atoms with E-state index in [1.165, 1.54) is 29.2 Å². The maximum Gasteiger partial charge on any atom is 0.336 e. The fourth-order valence-corrected chi connectivity index (χ4v) is 2.56. The van der Waals surface area contributed by atoms with E-state index < -0.39 is 17.7 Å². The van der Waals surface area contributed by atoms with E-state index >= 15 is 0 Å². The number of hydrogen-bond acceptors (Lipinski definition) is 4. The summed E-state index contributed by atoms with van der Waals surface area (Å²) in [5, 5.41) is 18.1. The molecule has 0 unspecified atom stereocenters. The van der Waals surface area contributed by atoms with Crippen LogP contribution in [0.25, 0.3) is 0 Å². The van der Waals surface area contributed by atoms with Crippen molar-refractivity contribution in [1.29, 1.82) is 5.26 Å². The molecular weight excluding hydrogens is 296 g/mol. The summed E-state index contributed by atoms with van der Waals surface area (Å²) in [5.41, 5.74) is 1.35. The van der Waals surface area contributed by atoms with Gasteiger partial charge in [0.2, 0.25) is 0 Å². The number of nitrogens with zero attached hydrogens (tertiary/aromatic N) is 2. The third-order valence-corrected chi connectivity index (χ3v) is 3.68. The molecule has 6 heteroatoms. The Bertz CT molecular complexity index is 896. The number of aromatic carboxylic acids is 1. The van der Waals surface area contributed by atoms with Gasteiger partial charge in [-0.15, -0.1) is 0 Å². The summed E-state index contributed by atoms with van der Waals surface area (Å²) >= 11 is 0. The van der Waals surface area contributed by atoms with E-state index in [0.29, 0.717) is 11.3 Å². The van der Waals surface area contributed by atoms with Gasteiger partial charge in [0.25, 0.3) is 11.7 Å². The highest BCUT2D eigenvalue weighted by Crippen LogP contribution is 2.31. The van der Waals surface area contributed by atoms with Crippen molar-refractivity contribution >= 4 is 23.3 Å². The van der Waals surface area contributed by atoms with E-state index in [1.807, 2.05) is 6.07 Å². The summed E-state index contributed by atoms with van der Waals surface area (Å²) in [6.07, 6.45) is 0. The first kappa shape index (κ1) is 14.5. The van der Waals surface area contributed by atoms with E-state index in [-0.39, 0.29) is 23.2 Å². The fourth-order valence-electron chi connectivity index (χ4n) is 2.56. The van der Waals surface area contributed by atoms with Crippen molar-refractivity contribution in [1.82, 2.24) is 0 Å². The average molecular weight is 306 g/mol. The Labute approximate surface area is 131 Å². The molecule has 2 aromatic rings. The van der Waals surface area contributed by atoms with Gasteiger partial charge in [0.15, 0.2) is 0 Å². The van der Waals surface area contributed by atoms with Crippen LogP contribution in [0.15, 0.2) is 42.5 Å². The van der Waals surface area contributed by atoms with Gasteiger partial charge in [0.1, 0.15) is 0 Å². The summed E-state index contributed by atoms with van der Waals surface area (Å²) in [7, 11) is 0. The molecule has 6 nitrogen and oxygen atoms in total. The van der Waals surface area contributed by atoms with Gasteiger partial charge in [-0.05, 0) is 29.8 Å². The Hall–Kier alpha value is -3.46. The van der Waals surface area contributed by atoms with Crippen molar-refractivity contribution in [2.75, 3.05) is 4.90 Å². The van der Waals surface area contributed by atoms with Gasteiger partial charge in [-0.3, -0.25) is 9.59 Å². The Balaban J connectivity index is 2.04. The molecule has 0 fully saturated rings. The third kappa shape index (κ3) is 2.34. The molecule has 112 valence electrons. The van der Waals surface area contributed by atoms with E-state index in [0.717, 1.165) is 0 Å². The number of hydrogen-bond donors (Lipinski definition) is 1. The monoisotopic (exact) mass is 306 g/mol. The lowest BCUT2D eigenvalue weighted by molar-refractivity contribution is -0.114. The molecule has 1 aliphatic rings. The summed E-state index contributed by atoms with van der Waals surface area (Å²) in [5.74, 6) is -2.51. The summed E-state index contributed by atoms with van der Waals surface area (Å²) < 4.78 is 0. The minimum absolute atomic E-state index is 0.0219. The highest BCUT2D eigenvalue weighted by atomic mass is 16.4. The van der Waals surface area contributed by atoms with Crippen LogP contribution in [0.4, 0.5) is 5.69 Å². The number of carbonyl (C=O) groups is 3. The number of carbonyl (C=O) groups excluding carboxylic acids is 2. The third-order valence-electron chi connectivity index (χ3n) is 3.68. The lowest BCUT2D eigenvalue weighted by Crippen LogP contribution is -2.29. The Morgan fingerprint density at radius 1 is 1.17 bits per heavy atom. The lowest BCUT2D eigenvalue weighted by atomic mass is 10.1. The fraction of sp³-hybridized carbons (Fsp3) is 0.0588. The van der Waals surface area contributed by atoms with Gasteiger partial charge < -0.3 is 10.0 Å². The molecule has 1 heterocycles. The van der Waals surface area contributed by atoms with Crippen molar-refractivity contribution in [3.8, 4) is 6.07 Å². The molecule has 1 aliphatic heterocycles. The molecule has 3 rings (SSSR count). The van der Waals surface area contributed by atoms with Crippen molar-refractivity contribution in [2.45, 2.75) is 6.54 Å². The zero-order valence-electron chi connectivity index (χ0n) is 11.8. The minimum Gasteiger partial charge on any atom is -0.478 e. The van der Waals surface area contributed by atoms with E-state index in [1.54, 1.807) is 18.2 Å². The van der Waals surface area contributed by atoms with Crippen LogP contribution in [0.5, 0.6) is 0 Å². The van der Waals surface area contributed by atoms with Crippen LogP contribution in [0, 0.1) is 11.3 Å². The molecule has 0 aliphatic carbocycles. The van der Waals surface area contributed by atoms with Gasteiger partial charge in [-0.25, -0.2) is 4.79 Å². The van der Waals surface area contributed by atoms with Crippen LogP contribution >= 0.6 is 0 Å². The Morgan fingerprint density at radius 2 is 1.91 bits per heavy atom. The highest BCUT2D eigenvalue weighted by molar-refractivity contribution is 6.52.